The van der Waals surface area contributed by atoms with Crippen LogP contribution in [-0.4, -0.2) is 11.2 Å². The normalized spacial score (nSPS) is 11.1. The molecule has 0 amide bonds. The van der Waals surface area contributed by atoms with Crippen molar-refractivity contribution < 1.29 is 0 Å². The number of hydrogen-bond donors (Lipinski definition) is 3. The van der Waals surface area contributed by atoms with E-state index in [1.807, 2.05) is 13.8 Å². The molecule has 0 atom stereocenters. The smallest absolute Gasteiger partial charge is 0.0354 e. The van der Waals surface area contributed by atoms with Gasteiger partial charge in [0.05, 0.1) is 0 Å². The number of hydrogen-bond acceptors (Lipinski definition) is 4. The molecule has 0 aliphatic rings. The second-order valence-electron chi connectivity index (χ2n) is 1.63. The van der Waals surface area contributed by atoms with Crippen LogP contribution in [0.15, 0.2) is 0 Å². The Labute approximate surface area is 43.4 Å². The summed E-state index contributed by atoms with van der Waals surface area (Å²) in [6.45, 7) is 3.86. The van der Waals surface area contributed by atoms with Crippen molar-refractivity contribution in [3.05, 3.63) is 0 Å². The molecule has 0 aromatic rings. The summed E-state index contributed by atoms with van der Waals surface area (Å²) >= 11 is 0. The van der Waals surface area contributed by atoms with E-state index in [1.165, 1.54) is 5.12 Å². The maximum absolute atomic E-state index is 5.21. The van der Waals surface area contributed by atoms with E-state index in [0.29, 0.717) is 0 Å². The number of nitrogens with one attached hydrogen (secondary N) is 1. The molecule has 0 rings (SSSR count). The summed E-state index contributed by atoms with van der Waals surface area (Å²) in [7, 11) is 0. The van der Waals surface area contributed by atoms with Crippen LogP contribution < -0.4 is 17.2 Å². The largest absolute Gasteiger partial charge is 0.256 e. The summed E-state index contributed by atoms with van der Waals surface area (Å²) in [6.07, 6.45) is 0. The lowest BCUT2D eigenvalue weighted by atomic mass is 10.4. The number of hydrazine groups is 3. The summed E-state index contributed by atoms with van der Waals surface area (Å²) < 4.78 is 0. The summed E-state index contributed by atoms with van der Waals surface area (Å²) in [4.78, 5) is 0. The topological polar surface area (TPSA) is 67.3 Å². The number of rotatable bonds is 2. The zero-order valence-corrected chi connectivity index (χ0v) is 4.68. The van der Waals surface area contributed by atoms with Gasteiger partial charge in [0.1, 0.15) is 0 Å². The van der Waals surface area contributed by atoms with E-state index in [0.717, 1.165) is 0 Å². The third-order valence-electron chi connectivity index (χ3n) is 0.705. The molecule has 0 aliphatic heterocycles. The lowest BCUT2D eigenvalue weighted by Crippen LogP contribution is -2.51. The molecule has 0 unspecified atom stereocenters. The Hall–Kier alpha value is -0.160. The minimum Gasteiger partial charge on any atom is -0.256 e. The molecule has 0 heterocycles. The van der Waals surface area contributed by atoms with Crippen LogP contribution in [0.4, 0.5) is 0 Å². The van der Waals surface area contributed by atoms with Gasteiger partial charge in [0, 0.05) is 6.04 Å². The van der Waals surface area contributed by atoms with Gasteiger partial charge >= 0.3 is 0 Å². The van der Waals surface area contributed by atoms with Crippen LogP contribution in [0.2, 0.25) is 0 Å². The molecule has 0 saturated carbocycles. The first-order chi connectivity index (χ1) is 3.18. The third-order valence-corrected chi connectivity index (χ3v) is 0.705. The fourth-order valence-corrected chi connectivity index (χ4v) is 0.149. The van der Waals surface area contributed by atoms with Gasteiger partial charge in [-0.2, -0.15) is 10.7 Å². The first kappa shape index (κ1) is 6.84. The van der Waals surface area contributed by atoms with Crippen molar-refractivity contribution in [2.75, 3.05) is 0 Å². The lowest BCUT2D eigenvalue weighted by molar-refractivity contribution is 0.148. The lowest BCUT2D eigenvalue weighted by Gasteiger charge is -2.17. The van der Waals surface area contributed by atoms with Crippen molar-refractivity contribution in [2.24, 2.45) is 11.7 Å². The SMILES string of the molecule is CC(C)N(N)NN. The Morgan fingerprint density at radius 1 is 1.57 bits per heavy atom. The molecular formula is C3H12N4. The first-order valence-electron chi connectivity index (χ1n) is 2.18. The van der Waals surface area contributed by atoms with Crippen molar-refractivity contribution in [1.29, 1.82) is 0 Å². The summed E-state index contributed by atoms with van der Waals surface area (Å²) in [5.74, 6) is 10.1. The molecule has 7 heavy (non-hydrogen) atoms. The van der Waals surface area contributed by atoms with Gasteiger partial charge in [0.25, 0.3) is 0 Å². The molecule has 0 saturated heterocycles. The Kier molecular flexibility index (Phi) is 2.86. The quantitative estimate of drug-likeness (QED) is 0.309. The molecule has 0 radical (unpaired) electrons. The summed E-state index contributed by atoms with van der Waals surface area (Å²) in [6, 6.07) is 0.241. The molecule has 44 valence electrons. The van der Waals surface area contributed by atoms with E-state index in [-0.39, 0.29) is 6.04 Å². The van der Waals surface area contributed by atoms with E-state index >= 15 is 0 Å². The first-order valence-corrected chi connectivity index (χ1v) is 2.18. The van der Waals surface area contributed by atoms with Gasteiger partial charge in [-0.15, -0.1) is 0 Å². The Bertz CT molecular complexity index is 44.2. The van der Waals surface area contributed by atoms with Crippen LogP contribution in [-0.2, 0) is 0 Å². The second kappa shape index (κ2) is 2.92. The van der Waals surface area contributed by atoms with Crippen molar-refractivity contribution in [1.82, 2.24) is 10.7 Å². The Morgan fingerprint density at radius 3 is 2.00 bits per heavy atom. The molecule has 0 aromatic carbocycles. The highest BCUT2D eigenvalue weighted by molar-refractivity contribution is 4.42. The van der Waals surface area contributed by atoms with Crippen LogP contribution >= 0.6 is 0 Å². The monoisotopic (exact) mass is 104 g/mol. The zero-order valence-electron chi connectivity index (χ0n) is 4.68. The van der Waals surface area contributed by atoms with Gasteiger partial charge in [-0.3, -0.25) is 11.7 Å². The highest BCUT2D eigenvalue weighted by atomic mass is 15.8. The minimum atomic E-state index is 0.241. The van der Waals surface area contributed by atoms with Gasteiger partial charge in [-0.1, -0.05) is 0 Å². The fourth-order valence-electron chi connectivity index (χ4n) is 0.149. The third kappa shape index (κ3) is 2.52. The van der Waals surface area contributed by atoms with Crippen LogP contribution in [0.25, 0.3) is 0 Å². The molecule has 0 fully saturated rings. The standard InChI is InChI=1S/C3H12N4/c1-3(2)7(5)6-4/h3,6H,4-5H2,1-2H3. The predicted octanol–water partition coefficient (Wildman–Crippen LogP) is -1.05. The van der Waals surface area contributed by atoms with E-state index in [1.54, 1.807) is 0 Å². The molecular weight excluding hydrogens is 92.1 g/mol. The van der Waals surface area contributed by atoms with Crippen LogP contribution in [0, 0.1) is 0 Å². The highest BCUT2D eigenvalue weighted by Crippen LogP contribution is 1.79. The second-order valence-corrected chi connectivity index (χ2v) is 1.63. The van der Waals surface area contributed by atoms with E-state index in [2.05, 4.69) is 5.53 Å². The molecule has 4 heteroatoms. The average molecular weight is 104 g/mol. The highest BCUT2D eigenvalue weighted by Gasteiger charge is 1.96. The van der Waals surface area contributed by atoms with Crippen molar-refractivity contribution >= 4 is 0 Å². The number of nitrogens with zero attached hydrogens (tertiary/aromatic N) is 1. The average Bonchev–Trinajstić information content (AvgIpc) is 1.65. The predicted molar refractivity (Wildman–Crippen MR) is 28.5 cm³/mol. The zero-order chi connectivity index (χ0) is 5.86. The van der Waals surface area contributed by atoms with E-state index in [9.17, 15) is 0 Å². The van der Waals surface area contributed by atoms with Gasteiger partial charge in [0.15, 0.2) is 0 Å². The van der Waals surface area contributed by atoms with Gasteiger partial charge < -0.3 is 0 Å². The fraction of sp³-hybridized carbons (Fsp3) is 1.00. The van der Waals surface area contributed by atoms with Crippen molar-refractivity contribution in [2.45, 2.75) is 19.9 Å². The molecule has 0 aromatic heterocycles. The van der Waals surface area contributed by atoms with Crippen LogP contribution in [0.1, 0.15) is 13.8 Å². The van der Waals surface area contributed by atoms with Gasteiger partial charge in [-0.25, -0.2) is 0 Å². The molecule has 5 N–H and O–H groups in total. The van der Waals surface area contributed by atoms with Gasteiger partial charge in [0.2, 0.25) is 0 Å². The van der Waals surface area contributed by atoms with E-state index < -0.39 is 0 Å². The van der Waals surface area contributed by atoms with Crippen molar-refractivity contribution in [3.63, 3.8) is 0 Å². The molecule has 0 bridgehead atoms. The van der Waals surface area contributed by atoms with Crippen LogP contribution in [0.3, 0.4) is 0 Å². The number of nitrogens with two attached hydrogens (primary N) is 2. The Balaban J connectivity index is 3.14. The summed E-state index contributed by atoms with van der Waals surface area (Å²) in [5, 5.41) is 1.32. The Morgan fingerprint density at radius 2 is 2.00 bits per heavy atom. The molecule has 4 nitrogen and oxygen atoms in total. The maximum Gasteiger partial charge on any atom is 0.0354 e. The van der Waals surface area contributed by atoms with Gasteiger partial charge in [-0.05, 0) is 13.8 Å². The summed E-state index contributed by atoms with van der Waals surface area (Å²) in [5.41, 5.74) is 2.28. The maximum atomic E-state index is 5.21. The van der Waals surface area contributed by atoms with Crippen molar-refractivity contribution in [3.8, 4) is 0 Å². The molecule has 0 aliphatic carbocycles. The van der Waals surface area contributed by atoms with Crippen LogP contribution in [0.5, 0.6) is 0 Å². The van der Waals surface area contributed by atoms with E-state index in [4.69, 9.17) is 11.7 Å². The molecule has 0 spiro atoms. The minimum absolute atomic E-state index is 0.241.